The van der Waals surface area contributed by atoms with E-state index >= 15 is 0 Å². The van der Waals surface area contributed by atoms with Crippen molar-refractivity contribution >= 4 is 11.2 Å². The van der Waals surface area contributed by atoms with Gasteiger partial charge in [0.25, 0.3) is 0 Å². The molecule has 0 spiro atoms. The molecule has 4 heteroatoms. The zero-order chi connectivity index (χ0) is 15.8. The van der Waals surface area contributed by atoms with Crippen LogP contribution in [0.2, 0.25) is 0 Å². The van der Waals surface area contributed by atoms with Gasteiger partial charge in [-0.15, -0.1) is 0 Å². The molecule has 4 rings (SSSR count). The van der Waals surface area contributed by atoms with Crippen LogP contribution < -0.4 is 0 Å². The van der Waals surface area contributed by atoms with Crippen molar-refractivity contribution in [3.8, 4) is 5.69 Å². The Hall–Kier alpha value is -2.20. The van der Waals surface area contributed by atoms with Gasteiger partial charge in [0, 0.05) is 24.3 Å². The van der Waals surface area contributed by atoms with Gasteiger partial charge in [-0.1, -0.05) is 12.1 Å². The molecule has 1 aromatic carbocycles. The van der Waals surface area contributed by atoms with Gasteiger partial charge in [-0.25, -0.2) is 9.97 Å². The summed E-state index contributed by atoms with van der Waals surface area (Å²) in [5, 5.41) is 0. The van der Waals surface area contributed by atoms with Crippen LogP contribution in [0.1, 0.15) is 30.1 Å². The summed E-state index contributed by atoms with van der Waals surface area (Å²) in [6.45, 7) is 4.37. The van der Waals surface area contributed by atoms with Crippen LogP contribution in [0.25, 0.3) is 16.9 Å². The fraction of sp³-hybridized carbons (Fsp3) is 0.368. The normalized spacial score (nSPS) is 19.3. The maximum atomic E-state index is 4.95. The molecule has 23 heavy (non-hydrogen) atoms. The SMILES string of the molecule is Cc1cccc(-n2c(C3CCCN(C)C3)nc3cccnc32)c1. The van der Waals surface area contributed by atoms with Crippen LogP contribution in [0.4, 0.5) is 0 Å². The van der Waals surface area contributed by atoms with Gasteiger partial charge in [0.2, 0.25) is 0 Å². The van der Waals surface area contributed by atoms with Crippen molar-refractivity contribution in [2.75, 3.05) is 20.1 Å². The van der Waals surface area contributed by atoms with Gasteiger partial charge in [0.15, 0.2) is 5.65 Å². The lowest BCUT2D eigenvalue weighted by Gasteiger charge is -2.29. The molecular weight excluding hydrogens is 284 g/mol. The Morgan fingerprint density at radius 3 is 2.91 bits per heavy atom. The van der Waals surface area contributed by atoms with Gasteiger partial charge in [-0.3, -0.25) is 4.57 Å². The van der Waals surface area contributed by atoms with Gasteiger partial charge >= 0.3 is 0 Å². The van der Waals surface area contributed by atoms with Crippen molar-refractivity contribution < 1.29 is 0 Å². The number of pyridine rings is 1. The first-order valence-electron chi connectivity index (χ1n) is 8.31. The Balaban J connectivity index is 1.91. The third-order valence-corrected chi connectivity index (χ3v) is 4.69. The number of benzene rings is 1. The highest BCUT2D eigenvalue weighted by Crippen LogP contribution is 2.30. The quantitative estimate of drug-likeness (QED) is 0.726. The van der Waals surface area contributed by atoms with Gasteiger partial charge in [-0.2, -0.15) is 0 Å². The van der Waals surface area contributed by atoms with E-state index in [1.807, 2.05) is 12.3 Å². The maximum Gasteiger partial charge on any atom is 0.164 e. The molecule has 0 N–H and O–H groups in total. The number of hydrogen-bond acceptors (Lipinski definition) is 3. The summed E-state index contributed by atoms with van der Waals surface area (Å²) in [7, 11) is 2.20. The molecule has 0 aliphatic carbocycles. The predicted octanol–water partition coefficient (Wildman–Crippen LogP) is 3.54. The first-order valence-corrected chi connectivity index (χ1v) is 8.31. The minimum absolute atomic E-state index is 0.462. The van der Waals surface area contributed by atoms with Gasteiger partial charge < -0.3 is 4.90 Å². The topological polar surface area (TPSA) is 34.0 Å². The number of piperidine rings is 1. The molecule has 1 fully saturated rings. The number of hydrogen-bond donors (Lipinski definition) is 0. The zero-order valence-electron chi connectivity index (χ0n) is 13.7. The number of nitrogens with zero attached hydrogens (tertiary/aromatic N) is 4. The molecule has 2 aromatic heterocycles. The Morgan fingerprint density at radius 2 is 2.09 bits per heavy atom. The summed E-state index contributed by atoms with van der Waals surface area (Å²) in [6, 6.07) is 12.6. The summed E-state index contributed by atoms with van der Waals surface area (Å²) in [4.78, 5) is 12.0. The van der Waals surface area contributed by atoms with E-state index in [9.17, 15) is 0 Å². The highest BCUT2D eigenvalue weighted by Gasteiger charge is 2.25. The molecule has 1 saturated heterocycles. The summed E-state index contributed by atoms with van der Waals surface area (Å²) >= 11 is 0. The minimum Gasteiger partial charge on any atom is -0.306 e. The van der Waals surface area contributed by atoms with E-state index in [0.29, 0.717) is 5.92 Å². The molecule has 0 radical (unpaired) electrons. The number of fused-ring (bicyclic) bond motifs is 1. The second kappa shape index (κ2) is 5.78. The zero-order valence-corrected chi connectivity index (χ0v) is 13.7. The number of rotatable bonds is 2. The molecule has 0 amide bonds. The third-order valence-electron chi connectivity index (χ3n) is 4.69. The number of aromatic nitrogens is 3. The van der Waals surface area contributed by atoms with Gasteiger partial charge in [0.05, 0.1) is 0 Å². The van der Waals surface area contributed by atoms with Crippen molar-refractivity contribution in [1.82, 2.24) is 19.4 Å². The summed E-state index contributed by atoms with van der Waals surface area (Å²) in [5.41, 5.74) is 4.36. The van der Waals surface area contributed by atoms with Crippen molar-refractivity contribution in [2.24, 2.45) is 0 Å². The first-order chi connectivity index (χ1) is 11.2. The Morgan fingerprint density at radius 1 is 1.17 bits per heavy atom. The molecule has 0 saturated carbocycles. The fourth-order valence-electron chi connectivity index (χ4n) is 3.60. The standard InChI is InChI=1S/C19H22N4/c1-14-6-3-8-16(12-14)23-18(15-7-5-11-22(2)13-15)21-17-9-4-10-20-19(17)23/h3-4,6,8-10,12,15H,5,7,11,13H2,1-2H3. The lowest BCUT2D eigenvalue weighted by molar-refractivity contribution is 0.245. The van der Waals surface area contributed by atoms with E-state index < -0.39 is 0 Å². The van der Waals surface area contributed by atoms with E-state index in [1.165, 1.54) is 24.9 Å². The molecule has 1 atom stereocenters. The largest absolute Gasteiger partial charge is 0.306 e. The highest BCUT2D eigenvalue weighted by atomic mass is 15.2. The molecule has 1 unspecified atom stereocenters. The first kappa shape index (κ1) is 14.4. The van der Waals surface area contributed by atoms with E-state index in [2.05, 4.69) is 58.8 Å². The Labute approximate surface area is 136 Å². The average Bonchev–Trinajstić information content (AvgIpc) is 2.94. The highest BCUT2D eigenvalue weighted by molar-refractivity contribution is 5.74. The molecule has 3 aromatic rings. The van der Waals surface area contributed by atoms with E-state index in [0.717, 1.165) is 29.2 Å². The fourth-order valence-corrected chi connectivity index (χ4v) is 3.60. The number of imidazole rings is 1. The van der Waals surface area contributed by atoms with Crippen molar-refractivity contribution in [3.05, 3.63) is 54.0 Å². The third kappa shape index (κ3) is 2.63. The number of likely N-dealkylation sites (tertiary alicyclic amines) is 1. The molecule has 0 bridgehead atoms. The van der Waals surface area contributed by atoms with E-state index in [4.69, 9.17) is 4.98 Å². The minimum atomic E-state index is 0.462. The van der Waals surface area contributed by atoms with Crippen LogP contribution in [0, 0.1) is 6.92 Å². The number of aryl methyl sites for hydroxylation is 1. The average molecular weight is 306 g/mol. The van der Waals surface area contributed by atoms with Crippen LogP contribution in [0.5, 0.6) is 0 Å². The molecule has 1 aliphatic heterocycles. The van der Waals surface area contributed by atoms with Crippen LogP contribution in [-0.2, 0) is 0 Å². The van der Waals surface area contributed by atoms with Crippen molar-refractivity contribution in [1.29, 1.82) is 0 Å². The van der Waals surface area contributed by atoms with E-state index in [-0.39, 0.29) is 0 Å². The van der Waals surface area contributed by atoms with Crippen molar-refractivity contribution in [2.45, 2.75) is 25.7 Å². The summed E-state index contributed by atoms with van der Waals surface area (Å²) in [6.07, 6.45) is 4.28. The van der Waals surface area contributed by atoms with Crippen LogP contribution in [-0.4, -0.2) is 39.6 Å². The number of likely N-dealkylation sites (N-methyl/N-ethyl adjacent to an activating group) is 1. The van der Waals surface area contributed by atoms with Gasteiger partial charge in [-0.05, 0) is 63.2 Å². The summed E-state index contributed by atoms with van der Waals surface area (Å²) < 4.78 is 2.26. The second-order valence-electron chi connectivity index (χ2n) is 6.59. The smallest absolute Gasteiger partial charge is 0.164 e. The van der Waals surface area contributed by atoms with Crippen molar-refractivity contribution in [3.63, 3.8) is 0 Å². The molecular formula is C19H22N4. The molecule has 3 heterocycles. The van der Waals surface area contributed by atoms with E-state index in [1.54, 1.807) is 0 Å². The lowest BCUT2D eigenvalue weighted by atomic mass is 9.97. The van der Waals surface area contributed by atoms with Crippen LogP contribution >= 0.6 is 0 Å². The van der Waals surface area contributed by atoms with Crippen LogP contribution in [0.15, 0.2) is 42.6 Å². The predicted molar refractivity (Wildman–Crippen MR) is 93.1 cm³/mol. The second-order valence-corrected chi connectivity index (χ2v) is 6.59. The summed E-state index contributed by atoms with van der Waals surface area (Å²) in [5.74, 6) is 1.61. The Bertz CT molecular complexity index is 836. The Kier molecular flexibility index (Phi) is 3.62. The van der Waals surface area contributed by atoms with Gasteiger partial charge in [0.1, 0.15) is 11.3 Å². The van der Waals surface area contributed by atoms with Crippen LogP contribution in [0.3, 0.4) is 0 Å². The maximum absolute atomic E-state index is 4.95. The molecule has 1 aliphatic rings. The molecule has 4 nitrogen and oxygen atoms in total. The lowest BCUT2D eigenvalue weighted by Crippen LogP contribution is -2.32. The molecule has 118 valence electrons. The monoisotopic (exact) mass is 306 g/mol.